The maximum absolute atomic E-state index is 5.42. The van der Waals surface area contributed by atoms with Crippen molar-refractivity contribution in [2.45, 2.75) is 18.9 Å². The van der Waals surface area contributed by atoms with E-state index in [1.807, 2.05) is 6.07 Å². The number of hydrogen-bond donors (Lipinski definition) is 1. The van der Waals surface area contributed by atoms with Gasteiger partial charge in [-0.2, -0.15) is 0 Å². The van der Waals surface area contributed by atoms with E-state index in [0.717, 1.165) is 71.1 Å². The predicted octanol–water partition coefficient (Wildman–Crippen LogP) is 1.85. The maximum Gasteiger partial charge on any atom is 0.0594 e. The number of rotatable bonds is 6. The predicted molar refractivity (Wildman–Crippen MR) is 93.3 cm³/mol. The summed E-state index contributed by atoms with van der Waals surface area (Å²) < 4.78 is 10.8. The summed E-state index contributed by atoms with van der Waals surface area (Å²) in [5.41, 5.74) is 2.33. The Bertz CT molecular complexity index is 471. The number of morpholine rings is 1. The zero-order valence-electron chi connectivity index (χ0n) is 14.1. The SMILES string of the molecule is CN(CCN1CCOCC1)c1cc[c]c(NC2CCOCC2)c1. The summed E-state index contributed by atoms with van der Waals surface area (Å²) in [4.78, 5) is 4.79. The van der Waals surface area contributed by atoms with Crippen molar-refractivity contribution in [3.63, 3.8) is 0 Å². The molecule has 2 heterocycles. The molecule has 2 aliphatic heterocycles. The van der Waals surface area contributed by atoms with Crippen LogP contribution in [0.1, 0.15) is 12.8 Å². The molecule has 1 N–H and O–H groups in total. The van der Waals surface area contributed by atoms with Crippen molar-refractivity contribution in [3.05, 3.63) is 24.3 Å². The van der Waals surface area contributed by atoms with E-state index in [1.165, 1.54) is 5.69 Å². The Morgan fingerprint density at radius 1 is 1.22 bits per heavy atom. The number of likely N-dealkylation sites (N-methyl/N-ethyl adjacent to an activating group) is 1. The van der Waals surface area contributed by atoms with Crippen LogP contribution in [0.4, 0.5) is 11.4 Å². The third-order valence-corrected chi connectivity index (χ3v) is 4.66. The first-order valence-electron chi connectivity index (χ1n) is 8.68. The smallest absolute Gasteiger partial charge is 0.0594 e. The number of hydrogen-bond acceptors (Lipinski definition) is 5. The zero-order valence-corrected chi connectivity index (χ0v) is 14.1. The van der Waals surface area contributed by atoms with Crippen LogP contribution in [0.15, 0.2) is 18.2 Å². The molecule has 127 valence electrons. The highest BCUT2D eigenvalue weighted by atomic mass is 16.5. The van der Waals surface area contributed by atoms with Crippen LogP contribution in [0.3, 0.4) is 0 Å². The highest BCUT2D eigenvalue weighted by Crippen LogP contribution is 2.20. The summed E-state index contributed by atoms with van der Waals surface area (Å²) in [7, 11) is 2.16. The van der Waals surface area contributed by atoms with Gasteiger partial charge in [-0.15, -0.1) is 0 Å². The van der Waals surface area contributed by atoms with Gasteiger partial charge < -0.3 is 19.7 Å². The highest BCUT2D eigenvalue weighted by Gasteiger charge is 2.14. The van der Waals surface area contributed by atoms with Gasteiger partial charge in [0.05, 0.1) is 13.2 Å². The van der Waals surface area contributed by atoms with Crippen molar-refractivity contribution in [1.82, 2.24) is 4.90 Å². The molecule has 2 aliphatic rings. The van der Waals surface area contributed by atoms with Crippen molar-refractivity contribution in [3.8, 4) is 0 Å². The van der Waals surface area contributed by atoms with Crippen LogP contribution in [0.2, 0.25) is 0 Å². The minimum Gasteiger partial charge on any atom is -0.382 e. The number of ether oxygens (including phenoxy) is 2. The lowest BCUT2D eigenvalue weighted by atomic mass is 10.1. The monoisotopic (exact) mass is 318 g/mol. The zero-order chi connectivity index (χ0) is 15.9. The standard InChI is InChI=1S/C18H28N3O2/c1-20(7-8-21-9-13-23-14-10-21)18-4-2-3-17(15-18)19-16-5-11-22-12-6-16/h2,4,15-16,19H,5-14H2,1H3. The van der Waals surface area contributed by atoms with E-state index in [4.69, 9.17) is 9.47 Å². The van der Waals surface area contributed by atoms with E-state index in [-0.39, 0.29) is 0 Å². The number of benzene rings is 1. The quantitative estimate of drug-likeness (QED) is 0.866. The van der Waals surface area contributed by atoms with E-state index in [0.29, 0.717) is 6.04 Å². The molecule has 0 bridgehead atoms. The fraction of sp³-hybridized carbons (Fsp3) is 0.667. The van der Waals surface area contributed by atoms with Gasteiger partial charge in [0, 0.05) is 69.9 Å². The Labute approximate surface area is 139 Å². The van der Waals surface area contributed by atoms with Crippen LogP contribution >= 0.6 is 0 Å². The minimum absolute atomic E-state index is 0.508. The number of nitrogens with one attached hydrogen (secondary N) is 1. The Morgan fingerprint density at radius 2 is 1.96 bits per heavy atom. The second kappa shape index (κ2) is 8.52. The second-order valence-electron chi connectivity index (χ2n) is 6.37. The molecule has 0 aliphatic carbocycles. The highest BCUT2D eigenvalue weighted by molar-refractivity contribution is 5.57. The molecular weight excluding hydrogens is 290 g/mol. The van der Waals surface area contributed by atoms with E-state index in [9.17, 15) is 0 Å². The van der Waals surface area contributed by atoms with Crippen LogP contribution in [-0.4, -0.2) is 70.6 Å². The van der Waals surface area contributed by atoms with Gasteiger partial charge in [-0.1, -0.05) is 6.07 Å². The van der Waals surface area contributed by atoms with E-state index >= 15 is 0 Å². The van der Waals surface area contributed by atoms with Crippen molar-refractivity contribution in [2.24, 2.45) is 0 Å². The van der Waals surface area contributed by atoms with Crippen LogP contribution in [-0.2, 0) is 9.47 Å². The Kier molecular flexibility index (Phi) is 6.13. The second-order valence-corrected chi connectivity index (χ2v) is 6.37. The average Bonchev–Trinajstić information content (AvgIpc) is 2.62. The normalized spacial score (nSPS) is 20.4. The van der Waals surface area contributed by atoms with Crippen LogP contribution < -0.4 is 10.2 Å². The molecule has 1 aromatic rings. The van der Waals surface area contributed by atoms with Gasteiger partial charge in [-0.25, -0.2) is 0 Å². The molecule has 0 unspecified atom stereocenters. The minimum atomic E-state index is 0.508. The summed E-state index contributed by atoms with van der Waals surface area (Å²) in [6.07, 6.45) is 2.15. The fourth-order valence-electron chi connectivity index (χ4n) is 3.08. The molecule has 0 amide bonds. The maximum atomic E-state index is 5.42. The molecule has 1 radical (unpaired) electrons. The van der Waals surface area contributed by atoms with E-state index < -0.39 is 0 Å². The molecule has 1 aromatic carbocycles. The van der Waals surface area contributed by atoms with Crippen LogP contribution in [0.25, 0.3) is 0 Å². The first-order valence-corrected chi connectivity index (χ1v) is 8.68. The van der Waals surface area contributed by atoms with E-state index in [2.05, 4.69) is 40.4 Å². The molecule has 5 nitrogen and oxygen atoms in total. The summed E-state index contributed by atoms with van der Waals surface area (Å²) in [5.74, 6) is 0. The average molecular weight is 318 g/mol. The van der Waals surface area contributed by atoms with Gasteiger partial charge in [0.25, 0.3) is 0 Å². The lowest BCUT2D eigenvalue weighted by Crippen LogP contribution is -2.40. The summed E-state index contributed by atoms with van der Waals surface area (Å²) in [5, 5.41) is 3.59. The van der Waals surface area contributed by atoms with Crippen molar-refractivity contribution in [1.29, 1.82) is 0 Å². The Hall–Kier alpha value is -1.30. The van der Waals surface area contributed by atoms with Crippen LogP contribution in [0.5, 0.6) is 0 Å². The van der Waals surface area contributed by atoms with Crippen molar-refractivity contribution >= 4 is 11.4 Å². The van der Waals surface area contributed by atoms with Gasteiger partial charge >= 0.3 is 0 Å². The molecule has 0 saturated carbocycles. The lowest BCUT2D eigenvalue weighted by molar-refractivity contribution is 0.0393. The molecule has 23 heavy (non-hydrogen) atoms. The molecule has 0 aromatic heterocycles. The topological polar surface area (TPSA) is 37.0 Å². The van der Waals surface area contributed by atoms with Gasteiger partial charge in [0.1, 0.15) is 0 Å². The van der Waals surface area contributed by atoms with Crippen molar-refractivity contribution < 1.29 is 9.47 Å². The molecule has 3 rings (SSSR count). The van der Waals surface area contributed by atoms with E-state index in [1.54, 1.807) is 0 Å². The Balaban J connectivity index is 1.50. The van der Waals surface area contributed by atoms with Gasteiger partial charge in [-0.05, 0) is 25.0 Å². The van der Waals surface area contributed by atoms with Crippen LogP contribution in [0, 0.1) is 6.07 Å². The largest absolute Gasteiger partial charge is 0.382 e. The van der Waals surface area contributed by atoms with Gasteiger partial charge in [0.2, 0.25) is 0 Å². The third-order valence-electron chi connectivity index (χ3n) is 4.66. The molecule has 2 fully saturated rings. The van der Waals surface area contributed by atoms with Crippen molar-refractivity contribution in [2.75, 3.05) is 69.9 Å². The molecule has 0 spiro atoms. The number of anilines is 2. The lowest BCUT2D eigenvalue weighted by Gasteiger charge is -2.29. The Morgan fingerprint density at radius 3 is 2.74 bits per heavy atom. The number of nitrogens with zero attached hydrogens (tertiary/aromatic N) is 2. The molecule has 0 atom stereocenters. The third kappa shape index (κ3) is 5.09. The molecule has 5 heteroatoms. The first kappa shape index (κ1) is 16.6. The summed E-state index contributed by atoms with van der Waals surface area (Å²) >= 11 is 0. The summed E-state index contributed by atoms with van der Waals surface area (Å²) in [6, 6.07) is 10.2. The fourth-order valence-corrected chi connectivity index (χ4v) is 3.08. The first-order chi connectivity index (χ1) is 11.3. The van der Waals surface area contributed by atoms with Gasteiger partial charge in [0.15, 0.2) is 0 Å². The summed E-state index contributed by atoms with van der Waals surface area (Å²) in [6.45, 7) is 7.65. The molecule has 2 saturated heterocycles. The van der Waals surface area contributed by atoms with Gasteiger partial charge in [-0.3, -0.25) is 4.90 Å². The molecular formula is C18H28N3O2.